The molecular formula is C5H11STe+. The van der Waals surface area contributed by atoms with Crippen LogP contribution in [0.15, 0.2) is 0 Å². The van der Waals surface area contributed by atoms with Crippen molar-refractivity contribution in [3.63, 3.8) is 0 Å². The topological polar surface area (TPSA) is 0 Å². The maximum absolute atomic E-state index is 2.52. The van der Waals surface area contributed by atoms with Gasteiger partial charge >= 0.3 is 56.7 Å². The van der Waals surface area contributed by atoms with Crippen molar-refractivity contribution in [2.75, 3.05) is 11.5 Å². The number of hydrogen-bond donors (Lipinski definition) is 0. The molecule has 0 spiro atoms. The second-order valence-electron chi connectivity index (χ2n) is 1.80. The first-order valence-electron chi connectivity index (χ1n) is 2.56. The van der Waals surface area contributed by atoms with E-state index in [0.717, 1.165) is 0 Å². The Morgan fingerprint density at radius 2 is 1.86 bits per heavy atom. The van der Waals surface area contributed by atoms with Crippen molar-refractivity contribution in [1.82, 2.24) is 0 Å². The summed E-state index contributed by atoms with van der Waals surface area (Å²) in [7, 11) is 0. The zero-order chi connectivity index (χ0) is 5.11. The molecule has 0 bridgehead atoms. The number of hydrogen-bond acceptors (Lipinski definition) is 1. The van der Waals surface area contributed by atoms with Crippen LogP contribution in [0.1, 0.15) is 0 Å². The van der Waals surface area contributed by atoms with Crippen molar-refractivity contribution >= 4 is 31.3 Å². The van der Waals surface area contributed by atoms with E-state index >= 15 is 0 Å². The summed E-state index contributed by atoms with van der Waals surface area (Å²) in [6, 6.07) is 0. The summed E-state index contributed by atoms with van der Waals surface area (Å²) in [4.78, 5) is 2.52. The molecule has 1 aliphatic rings. The molecule has 2 heteroatoms. The third-order valence-electron chi connectivity index (χ3n) is 1.15. The predicted molar refractivity (Wildman–Crippen MR) is 38.6 cm³/mol. The number of rotatable bonds is 0. The monoisotopic (exact) mass is 233 g/mol. The van der Waals surface area contributed by atoms with Gasteiger partial charge in [0.05, 0.1) is 0 Å². The molecule has 0 unspecified atom stereocenters. The van der Waals surface area contributed by atoms with E-state index in [1.165, 1.54) is 11.5 Å². The first-order valence-corrected chi connectivity index (χ1v) is 9.34. The zero-order valence-corrected chi connectivity index (χ0v) is 7.79. The van der Waals surface area contributed by atoms with Crippen molar-refractivity contribution in [1.29, 1.82) is 0 Å². The summed E-state index contributed by atoms with van der Waals surface area (Å²) in [6.07, 6.45) is 0. The summed E-state index contributed by atoms with van der Waals surface area (Å²) < 4.78 is 3.24. The van der Waals surface area contributed by atoms with Gasteiger partial charge in [0.2, 0.25) is 0 Å². The normalized spacial score (nSPS) is 25.3. The fourth-order valence-corrected chi connectivity index (χ4v) is 9.09. The second-order valence-corrected chi connectivity index (χ2v) is 9.82. The Balaban J connectivity index is 2.12. The van der Waals surface area contributed by atoms with Gasteiger partial charge in [-0.05, 0) is 0 Å². The zero-order valence-electron chi connectivity index (χ0n) is 4.64. The van der Waals surface area contributed by atoms with E-state index in [4.69, 9.17) is 0 Å². The second kappa shape index (κ2) is 3.22. The average Bonchev–Trinajstić information content (AvgIpc) is 1.69. The van der Waals surface area contributed by atoms with Crippen molar-refractivity contribution in [3.05, 3.63) is 0 Å². The molecule has 1 heterocycles. The Morgan fingerprint density at radius 3 is 2.14 bits per heavy atom. The van der Waals surface area contributed by atoms with Gasteiger partial charge in [-0.15, -0.1) is 0 Å². The third-order valence-corrected chi connectivity index (χ3v) is 8.90. The van der Waals surface area contributed by atoms with Crippen LogP contribution in [0, 0.1) is 0 Å². The van der Waals surface area contributed by atoms with Crippen LogP contribution in [-0.2, 0) is 0 Å². The van der Waals surface area contributed by atoms with E-state index in [-0.39, 0.29) is 19.6 Å². The van der Waals surface area contributed by atoms with Crippen LogP contribution in [0.3, 0.4) is 0 Å². The fraction of sp³-hybridized carbons (Fsp3) is 1.00. The van der Waals surface area contributed by atoms with Crippen molar-refractivity contribution in [2.24, 2.45) is 0 Å². The molecule has 0 atom stereocenters. The van der Waals surface area contributed by atoms with Crippen LogP contribution in [0.2, 0.25) is 13.9 Å². The standard InChI is InChI=1S/C5H11STe/c1-7-4-2-6-3-5-7/h2-5H2,1H3/q+1. The van der Waals surface area contributed by atoms with Gasteiger partial charge in [0.1, 0.15) is 0 Å². The molecular weight excluding hydrogens is 220 g/mol. The summed E-state index contributed by atoms with van der Waals surface area (Å²) in [5, 5.41) is 0. The molecule has 0 aromatic heterocycles. The average molecular weight is 231 g/mol. The van der Waals surface area contributed by atoms with Gasteiger partial charge in [-0.25, -0.2) is 0 Å². The summed E-state index contributed by atoms with van der Waals surface area (Å²) in [6.45, 7) is 0. The molecule has 0 radical (unpaired) electrons. The minimum atomic E-state index is -0.369. The van der Waals surface area contributed by atoms with E-state index in [9.17, 15) is 0 Å². The van der Waals surface area contributed by atoms with E-state index in [1.807, 2.05) is 0 Å². The Bertz CT molecular complexity index is 50.0. The van der Waals surface area contributed by atoms with Crippen molar-refractivity contribution < 1.29 is 0 Å². The van der Waals surface area contributed by atoms with Crippen LogP contribution < -0.4 is 0 Å². The molecule has 0 saturated carbocycles. The van der Waals surface area contributed by atoms with E-state index in [2.05, 4.69) is 16.7 Å². The Hall–Kier alpha value is 1.14. The van der Waals surface area contributed by atoms with Crippen molar-refractivity contribution in [2.45, 2.75) is 13.9 Å². The van der Waals surface area contributed by atoms with Gasteiger partial charge in [0.25, 0.3) is 0 Å². The predicted octanol–water partition coefficient (Wildman–Crippen LogP) is 1.86. The van der Waals surface area contributed by atoms with E-state index in [1.54, 1.807) is 8.94 Å². The molecule has 1 fully saturated rings. The molecule has 0 nitrogen and oxygen atoms in total. The van der Waals surface area contributed by atoms with Gasteiger partial charge in [0.15, 0.2) is 0 Å². The van der Waals surface area contributed by atoms with Crippen LogP contribution in [-0.4, -0.2) is 31.1 Å². The van der Waals surface area contributed by atoms with E-state index < -0.39 is 0 Å². The SMILES string of the molecule is C[Te+]1CCSCC1. The molecule has 0 aromatic rings. The molecule has 42 valence electrons. The minimum absolute atomic E-state index is 0.369. The van der Waals surface area contributed by atoms with E-state index in [0.29, 0.717) is 0 Å². The fourth-order valence-electron chi connectivity index (χ4n) is 0.606. The summed E-state index contributed by atoms with van der Waals surface area (Å²) >= 11 is 1.77. The molecule has 7 heavy (non-hydrogen) atoms. The first-order chi connectivity index (χ1) is 3.39. The van der Waals surface area contributed by atoms with Gasteiger partial charge in [0, 0.05) is 0 Å². The number of thioether (sulfide) groups is 1. The first kappa shape index (κ1) is 6.26. The van der Waals surface area contributed by atoms with Crippen LogP contribution in [0.5, 0.6) is 0 Å². The van der Waals surface area contributed by atoms with Gasteiger partial charge in [-0.1, -0.05) is 0 Å². The molecule has 1 aliphatic heterocycles. The van der Waals surface area contributed by atoms with Crippen LogP contribution >= 0.6 is 11.8 Å². The molecule has 0 amide bonds. The molecule has 0 aromatic carbocycles. The Labute approximate surface area is 56.7 Å². The molecule has 1 rings (SSSR count). The molecule has 0 N–H and O–H groups in total. The molecule has 0 aliphatic carbocycles. The van der Waals surface area contributed by atoms with Gasteiger partial charge in [-0.3, -0.25) is 0 Å². The molecule has 1 saturated heterocycles. The van der Waals surface area contributed by atoms with Crippen LogP contribution in [0.4, 0.5) is 0 Å². The maximum atomic E-state index is 2.52. The Morgan fingerprint density at radius 1 is 1.29 bits per heavy atom. The summed E-state index contributed by atoms with van der Waals surface area (Å²) in [5.74, 6) is 2.96. The van der Waals surface area contributed by atoms with Crippen molar-refractivity contribution in [3.8, 4) is 0 Å². The quantitative estimate of drug-likeness (QED) is 0.573. The summed E-state index contributed by atoms with van der Waals surface area (Å²) in [5.41, 5.74) is 0. The van der Waals surface area contributed by atoms with Gasteiger partial charge in [-0.2, -0.15) is 0 Å². The van der Waals surface area contributed by atoms with Gasteiger partial charge < -0.3 is 0 Å². The third kappa shape index (κ3) is 2.26. The van der Waals surface area contributed by atoms with Crippen LogP contribution in [0.25, 0.3) is 0 Å². The Kier molecular flexibility index (Phi) is 2.88.